The van der Waals surface area contributed by atoms with Crippen LogP contribution in [0.2, 0.25) is 0 Å². The van der Waals surface area contributed by atoms with Crippen LogP contribution in [-0.2, 0) is 0 Å². The molecule has 2 aliphatic rings. The second-order valence-corrected chi connectivity index (χ2v) is 4.68. The summed E-state index contributed by atoms with van der Waals surface area (Å²) in [5.74, 6) is 0.721. The molecule has 1 saturated carbocycles. The topological polar surface area (TPSA) is 52.5 Å². The maximum absolute atomic E-state index is 9.36. The first-order valence-corrected chi connectivity index (χ1v) is 4.87. The molecule has 3 nitrogen and oxygen atoms in total. The van der Waals surface area contributed by atoms with Gasteiger partial charge >= 0.3 is 0 Å². The third-order valence-electron chi connectivity index (χ3n) is 3.06. The van der Waals surface area contributed by atoms with E-state index in [4.69, 9.17) is 5.11 Å². The van der Waals surface area contributed by atoms with Crippen LogP contribution in [0.25, 0.3) is 0 Å². The Bertz CT molecular complexity index is 243. The molecule has 2 atom stereocenters. The van der Waals surface area contributed by atoms with Crippen molar-refractivity contribution >= 4 is 0 Å². The molecule has 2 aliphatic carbocycles. The fourth-order valence-corrected chi connectivity index (χ4v) is 1.83. The fraction of sp³-hybridized carbons (Fsp3) is 0.800. The Kier molecular flexibility index (Phi) is 1.89. The molecule has 0 radical (unpaired) electrons. The summed E-state index contributed by atoms with van der Waals surface area (Å²) in [6.07, 6.45) is 2.85. The predicted octanol–water partition coefficient (Wildman–Crippen LogP) is 0.384. The summed E-state index contributed by atoms with van der Waals surface area (Å²) in [4.78, 5) is 0. The van der Waals surface area contributed by atoms with Gasteiger partial charge in [0.15, 0.2) is 0 Å². The third-order valence-corrected chi connectivity index (χ3v) is 3.06. The summed E-state index contributed by atoms with van der Waals surface area (Å²) in [5, 5.41) is 21.7. The zero-order valence-corrected chi connectivity index (χ0v) is 8.12. The summed E-state index contributed by atoms with van der Waals surface area (Å²) in [6, 6.07) is 0. The molecule has 2 rings (SSSR count). The molecule has 0 bridgehead atoms. The van der Waals surface area contributed by atoms with E-state index >= 15 is 0 Å². The zero-order valence-electron chi connectivity index (χ0n) is 8.12. The minimum Gasteiger partial charge on any atom is -0.386 e. The van der Waals surface area contributed by atoms with Crippen LogP contribution in [0.4, 0.5) is 0 Å². The summed E-state index contributed by atoms with van der Waals surface area (Å²) >= 11 is 0. The molecule has 3 N–H and O–H groups in total. The van der Waals surface area contributed by atoms with Gasteiger partial charge < -0.3 is 15.5 Å². The van der Waals surface area contributed by atoms with Crippen molar-refractivity contribution in [1.82, 2.24) is 5.32 Å². The average Bonchev–Trinajstić information content (AvgIpc) is 2.85. The van der Waals surface area contributed by atoms with Crippen molar-refractivity contribution in [3.63, 3.8) is 0 Å². The molecular weight excluding hydrogens is 166 g/mol. The van der Waals surface area contributed by atoms with Crippen LogP contribution in [0.1, 0.15) is 26.7 Å². The molecule has 13 heavy (non-hydrogen) atoms. The number of hydrogen-bond acceptors (Lipinski definition) is 3. The highest BCUT2D eigenvalue weighted by molar-refractivity contribution is 5.25. The van der Waals surface area contributed by atoms with E-state index in [2.05, 4.69) is 19.2 Å². The van der Waals surface area contributed by atoms with Crippen molar-refractivity contribution in [1.29, 1.82) is 0 Å². The van der Waals surface area contributed by atoms with Crippen LogP contribution in [0.5, 0.6) is 0 Å². The lowest BCUT2D eigenvalue weighted by atomic mass is 9.92. The molecular formula is C10H17NO2. The largest absolute Gasteiger partial charge is 0.386 e. The molecule has 0 aromatic carbocycles. The molecule has 0 spiro atoms. The second kappa shape index (κ2) is 2.72. The van der Waals surface area contributed by atoms with Crippen LogP contribution in [-0.4, -0.2) is 28.0 Å². The van der Waals surface area contributed by atoms with Crippen molar-refractivity contribution in [3.05, 3.63) is 11.8 Å². The first-order chi connectivity index (χ1) is 6.00. The Morgan fingerprint density at radius 1 is 1.38 bits per heavy atom. The normalized spacial score (nSPS) is 33.7. The molecule has 0 amide bonds. The highest BCUT2D eigenvalue weighted by atomic mass is 16.3. The quantitative estimate of drug-likeness (QED) is 0.593. The molecule has 0 heterocycles. The second-order valence-electron chi connectivity index (χ2n) is 4.68. The summed E-state index contributed by atoms with van der Waals surface area (Å²) in [5.41, 5.74) is 0.844. The maximum Gasteiger partial charge on any atom is 0.123 e. The Labute approximate surface area is 78.5 Å². The monoisotopic (exact) mass is 183 g/mol. The Balaban J connectivity index is 1.94. The van der Waals surface area contributed by atoms with Gasteiger partial charge in [-0.15, -0.1) is 0 Å². The zero-order chi connectivity index (χ0) is 9.64. The minimum atomic E-state index is -0.696. The van der Waals surface area contributed by atoms with Gasteiger partial charge in [-0.25, -0.2) is 0 Å². The van der Waals surface area contributed by atoms with Gasteiger partial charge in [0.25, 0.3) is 0 Å². The molecule has 0 aromatic heterocycles. The molecule has 74 valence electrons. The van der Waals surface area contributed by atoms with Crippen molar-refractivity contribution < 1.29 is 10.2 Å². The van der Waals surface area contributed by atoms with E-state index < -0.39 is 12.2 Å². The summed E-state index contributed by atoms with van der Waals surface area (Å²) in [7, 11) is 0. The first-order valence-electron chi connectivity index (χ1n) is 4.87. The summed E-state index contributed by atoms with van der Waals surface area (Å²) < 4.78 is 0. The number of nitrogens with one attached hydrogen (secondary N) is 1. The number of hydrogen-bond donors (Lipinski definition) is 3. The number of aliphatic hydroxyl groups is 2. The third kappa shape index (κ3) is 1.58. The van der Waals surface area contributed by atoms with Gasteiger partial charge in [-0.2, -0.15) is 0 Å². The molecule has 2 unspecified atom stereocenters. The van der Waals surface area contributed by atoms with Crippen molar-refractivity contribution in [3.8, 4) is 0 Å². The SMILES string of the molecule is CC(C)(NC1=CC(O)C1O)C1CC1. The van der Waals surface area contributed by atoms with Crippen LogP contribution in [0, 0.1) is 5.92 Å². The fourth-order valence-electron chi connectivity index (χ4n) is 1.83. The Morgan fingerprint density at radius 2 is 2.00 bits per heavy atom. The van der Waals surface area contributed by atoms with Gasteiger partial charge in [0.2, 0.25) is 0 Å². The van der Waals surface area contributed by atoms with Gasteiger partial charge in [0.1, 0.15) is 12.2 Å². The Morgan fingerprint density at radius 3 is 2.38 bits per heavy atom. The van der Waals surface area contributed by atoms with Crippen LogP contribution in [0.15, 0.2) is 11.8 Å². The number of aliphatic hydroxyl groups excluding tert-OH is 2. The van der Waals surface area contributed by atoms with E-state index in [1.54, 1.807) is 6.08 Å². The van der Waals surface area contributed by atoms with Gasteiger partial charge in [0, 0.05) is 11.2 Å². The smallest absolute Gasteiger partial charge is 0.123 e. The molecule has 0 aliphatic heterocycles. The van der Waals surface area contributed by atoms with E-state index in [0.29, 0.717) is 0 Å². The van der Waals surface area contributed by atoms with Gasteiger partial charge in [0.05, 0.1) is 0 Å². The van der Waals surface area contributed by atoms with Crippen LogP contribution in [0.3, 0.4) is 0 Å². The standard InChI is InChI=1S/C10H17NO2/c1-10(2,6-3-4-6)11-7-5-8(12)9(7)13/h5-6,8-9,11-13H,3-4H2,1-2H3. The number of rotatable bonds is 3. The predicted molar refractivity (Wildman–Crippen MR) is 50.0 cm³/mol. The van der Waals surface area contributed by atoms with E-state index in [9.17, 15) is 5.11 Å². The van der Waals surface area contributed by atoms with Gasteiger partial charge in [-0.05, 0) is 38.7 Å². The molecule has 0 aromatic rings. The van der Waals surface area contributed by atoms with E-state index in [1.165, 1.54) is 12.8 Å². The van der Waals surface area contributed by atoms with Crippen molar-refractivity contribution in [2.75, 3.05) is 0 Å². The lowest BCUT2D eigenvalue weighted by molar-refractivity contribution is 0.0381. The lowest BCUT2D eigenvalue weighted by Gasteiger charge is -2.36. The first kappa shape index (κ1) is 9.03. The highest BCUT2D eigenvalue weighted by Crippen LogP contribution is 2.40. The molecule has 1 fully saturated rings. The van der Waals surface area contributed by atoms with E-state index in [-0.39, 0.29) is 5.54 Å². The lowest BCUT2D eigenvalue weighted by Crippen LogP contribution is -2.50. The van der Waals surface area contributed by atoms with Crippen LogP contribution < -0.4 is 5.32 Å². The van der Waals surface area contributed by atoms with E-state index in [0.717, 1.165) is 11.6 Å². The summed E-state index contributed by atoms with van der Waals surface area (Å²) in [6.45, 7) is 4.28. The molecule has 3 heteroatoms. The Hall–Kier alpha value is -0.540. The van der Waals surface area contributed by atoms with Crippen molar-refractivity contribution in [2.24, 2.45) is 5.92 Å². The molecule has 0 saturated heterocycles. The average molecular weight is 183 g/mol. The van der Waals surface area contributed by atoms with E-state index in [1.807, 2.05) is 0 Å². The maximum atomic E-state index is 9.36. The van der Waals surface area contributed by atoms with Crippen molar-refractivity contribution in [2.45, 2.75) is 44.4 Å². The van der Waals surface area contributed by atoms with Gasteiger partial charge in [-0.3, -0.25) is 0 Å². The van der Waals surface area contributed by atoms with Gasteiger partial charge in [-0.1, -0.05) is 0 Å². The minimum absolute atomic E-state index is 0.0625. The highest BCUT2D eigenvalue weighted by Gasteiger charge is 2.40. The van der Waals surface area contributed by atoms with Crippen LogP contribution >= 0.6 is 0 Å².